The number of nitro benzene ring substituents is 1. The van der Waals surface area contributed by atoms with E-state index in [1.54, 1.807) is 25.1 Å². The molecule has 0 radical (unpaired) electrons. The van der Waals surface area contributed by atoms with E-state index in [1.807, 2.05) is 0 Å². The van der Waals surface area contributed by atoms with Crippen molar-refractivity contribution in [2.24, 2.45) is 11.8 Å². The maximum Gasteiger partial charge on any atom is 0.293 e. The average Bonchev–Trinajstić information content (AvgIpc) is 2.73. The van der Waals surface area contributed by atoms with E-state index in [0.717, 1.165) is 26.1 Å². The molecule has 0 unspecified atom stereocenters. The van der Waals surface area contributed by atoms with E-state index < -0.39 is 16.6 Å². The van der Waals surface area contributed by atoms with Crippen LogP contribution in [0, 0.1) is 34.7 Å². The highest BCUT2D eigenvalue weighted by Crippen LogP contribution is 2.27. The van der Waals surface area contributed by atoms with E-state index in [1.165, 1.54) is 24.6 Å². The molecule has 1 fully saturated rings. The van der Waals surface area contributed by atoms with Crippen molar-refractivity contribution in [3.05, 3.63) is 63.5 Å². The first-order chi connectivity index (χ1) is 15.2. The van der Waals surface area contributed by atoms with Crippen LogP contribution in [0.3, 0.4) is 0 Å². The molecule has 2 aromatic rings. The molecule has 0 aliphatic carbocycles. The van der Waals surface area contributed by atoms with Gasteiger partial charge in [-0.1, -0.05) is 19.9 Å². The van der Waals surface area contributed by atoms with Gasteiger partial charge in [-0.05, 0) is 68.0 Å². The molecular weight excluding hydrogens is 411 g/mol. The van der Waals surface area contributed by atoms with Crippen LogP contribution in [0.15, 0.2) is 36.4 Å². The summed E-state index contributed by atoms with van der Waals surface area (Å²) in [5.41, 5.74) is 1.13. The van der Waals surface area contributed by atoms with Gasteiger partial charge in [-0.15, -0.1) is 0 Å². The van der Waals surface area contributed by atoms with Gasteiger partial charge in [-0.2, -0.15) is 0 Å². The summed E-state index contributed by atoms with van der Waals surface area (Å²) in [6.45, 7) is 9.92. The fourth-order valence-electron chi connectivity index (χ4n) is 4.35. The third-order valence-corrected chi connectivity index (χ3v) is 5.80. The molecule has 0 saturated carbocycles. The van der Waals surface area contributed by atoms with E-state index in [2.05, 4.69) is 29.4 Å². The Kier molecular flexibility index (Phi) is 7.80. The van der Waals surface area contributed by atoms with Crippen molar-refractivity contribution < 1.29 is 14.1 Å². The molecule has 2 atom stereocenters. The molecule has 1 aliphatic heterocycles. The number of benzene rings is 2. The van der Waals surface area contributed by atoms with Crippen LogP contribution < -0.4 is 10.6 Å². The van der Waals surface area contributed by atoms with Gasteiger partial charge in [0.25, 0.3) is 11.6 Å². The first-order valence-electron chi connectivity index (χ1n) is 11.0. The highest BCUT2D eigenvalue weighted by Gasteiger charge is 2.21. The zero-order chi connectivity index (χ0) is 23.3. The SMILES string of the molecule is Cc1ccc(NC(=O)c2ccc(NCCCN3C[C@H](C)C[C@@H](C)C3)c([N+](=O)[O-])c2)cc1F. The average molecular weight is 443 g/mol. The van der Waals surface area contributed by atoms with Crippen LogP contribution in [0.1, 0.15) is 42.6 Å². The quantitative estimate of drug-likeness (QED) is 0.338. The fourth-order valence-corrected chi connectivity index (χ4v) is 4.35. The van der Waals surface area contributed by atoms with Crippen LogP contribution in [0.2, 0.25) is 0 Å². The number of piperidine rings is 1. The Morgan fingerprint density at radius 3 is 2.56 bits per heavy atom. The summed E-state index contributed by atoms with van der Waals surface area (Å²) in [6.07, 6.45) is 2.14. The summed E-state index contributed by atoms with van der Waals surface area (Å²) in [7, 11) is 0. The lowest BCUT2D eigenvalue weighted by Gasteiger charge is -2.34. The number of carbonyl (C=O) groups excluding carboxylic acids is 1. The smallest absolute Gasteiger partial charge is 0.293 e. The van der Waals surface area contributed by atoms with Gasteiger partial charge in [-0.25, -0.2) is 4.39 Å². The molecule has 172 valence electrons. The summed E-state index contributed by atoms with van der Waals surface area (Å²) in [5.74, 6) is 0.434. The minimum Gasteiger partial charge on any atom is -0.379 e. The van der Waals surface area contributed by atoms with Crippen molar-refractivity contribution >= 4 is 23.0 Å². The molecule has 7 nitrogen and oxygen atoms in total. The predicted molar refractivity (Wildman–Crippen MR) is 125 cm³/mol. The third kappa shape index (κ3) is 6.26. The number of carbonyl (C=O) groups is 1. The maximum absolute atomic E-state index is 13.7. The number of aryl methyl sites for hydroxylation is 1. The molecule has 1 aliphatic rings. The highest BCUT2D eigenvalue weighted by molar-refractivity contribution is 6.05. The highest BCUT2D eigenvalue weighted by atomic mass is 19.1. The number of amides is 1. The van der Waals surface area contributed by atoms with Crippen molar-refractivity contribution in [3.63, 3.8) is 0 Å². The molecule has 1 amide bonds. The summed E-state index contributed by atoms with van der Waals surface area (Å²) >= 11 is 0. The Hall–Kier alpha value is -3.00. The Morgan fingerprint density at radius 1 is 1.19 bits per heavy atom. The van der Waals surface area contributed by atoms with Crippen LogP contribution in [0.25, 0.3) is 0 Å². The molecule has 8 heteroatoms. The molecule has 0 bridgehead atoms. The fraction of sp³-hybridized carbons (Fsp3) is 0.458. The van der Waals surface area contributed by atoms with Gasteiger partial charge < -0.3 is 15.5 Å². The van der Waals surface area contributed by atoms with E-state index in [-0.39, 0.29) is 11.3 Å². The molecule has 2 aromatic carbocycles. The van der Waals surface area contributed by atoms with E-state index in [4.69, 9.17) is 0 Å². The number of hydrogen-bond acceptors (Lipinski definition) is 5. The molecular formula is C24H31FN4O3. The number of anilines is 2. The van der Waals surface area contributed by atoms with Crippen molar-refractivity contribution in [2.75, 3.05) is 36.8 Å². The summed E-state index contributed by atoms with van der Waals surface area (Å²) in [6, 6.07) is 8.70. The van der Waals surface area contributed by atoms with Crippen molar-refractivity contribution in [3.8, 4) is 0 Å². The molecule has 32 heavy (non-hydrogen) atoms. The zero-order valence-electron chi connectivity index (χ0n) is 18.9. The summed E-state index contributed by atoms with van der Waals surface area (Å²) < 4.78 is 13.7. The van der Waals surface area contributed by atoms with Gasteiger partial charge in [0.1, 0.15) is 11.5 Å². The Balaban J connectivity index is 1.59. The molecule has 3 rings (SSSR count). The Morgan fingerprint density at radius 2 is 1.91 bits per heavy atom. The molecule has 0 spiro atoms. The van der Waals surface area contributed by atoms with Crippen molar-refractivity contribution in [1.29, 1.82) is 0 Å². The molecule has 2 N–H and O–H groups in total. The lowest BCUT2D eigenvalue weighted by atomic mass is 9.92. The third-order valence-electron chi connectivity index (χ3n) is 5.80. The minimum atomic E-state index is -0.531. The first kappa shape index (κ1) is 23.7. The van der Waals surface area contributed by atoms with E-state index in [0.29, 0.717) is 35.3 Å². The standard InChI is InChI=1S/C24H31FN4O3/c1-16-11-17(2)15-28(14-16)10-4-9-26-22-8-6-19(12-23(22)29(31)32)24(30)27-20-7-5-18(3)21(25)13-20/h5-8,12-13,16-17,26H,4,9-11,14-15H2,1-3H3,(H,27,30)/t16-,17-/m1/s1. The largest absolute Gasteiger partial charge is 0.379 e. The van der Waals surface area contributed by atoms with Gasteiger partial charge >= 0.3 is 0 Å². The van der Waals surface area contributed by atoms with Gasteiger partial charge in [-0.3, -0.25) is 14.9 Å². The number of rotatable bonds is 8. The van der Waals surface area contributed by atoms with Crippen LogP contribution in [0.4, 0.5) is 21.5 Å². The van der Waals surface area contributed by atoms with Crippen LogP contribution in [-0.4, -0.2) is 41.9 Å². The number of nitro groups is 1. The summed E-state index contributed by atoms with van der Waals surface area (Å²) in [4.78, 5) is 26.0. The van der Waals surface area contributed by atoms with E-state index >= 15 is 0 Å². The topological polar surface area (TPSA) is 87.5 Å². The second-order valence-corrected chi connectivity index (χ2v) is 8.89. The van der Waals surface area contributed by atoms with Gasteiger partial charge in [0.15, 0.2) is 0 Å². The van der Waals surface area contributed by atoms with Gasteiger partial charge in [0, 0.05) is 37.0 Å². The molecule has 1 saturated heterocycles. The number of nitrogens with one attached hydrogen (secondary N) is 2. The van der Waals surface area contributed by atoms with Crippen molar-refractivity contribution in [1.82, 2.24) is 4.90 Å². The van der Waals surface area contributed by atoms with Crippen LogP contribution >= 0.6 is 0 Å². The van der Waals surface area contributed by atoms with E-state index in [9.17, 15) is 19.3 Å². The first-order valence-corrected chi connectivity index (χ1v) is 11.0. The predicted octanol–water partition coefficient (Wildman–Crippen LogP) is 5.07. The monoisotopic (exact) mass is 442 g/mol. The maximum atomic E-state index is 13.7. The molecule has 1 heterocycles. The molecule has 0 aromatic heterocycles. The number of likely N-dealkylation sites (tertiary alicyclic amines) is 1. The van der Waals surface area contributed by atoms with Crippen LogP contribution in [-0.2, 0) is 0 Å². The minimum absolute atomic E-state index is 0.138. The van der Waals surface area contributed by atoms with Gasteiger partial charge in [0.05, 0.1) is 4.92 Å². The number of hydrogen-bond donors (Lipinski definition) is 2. The summed E-state index contributed by atoms with van der Waals surface area (Å²) in [5, 5.41) is 17.3. The second kappa shape index (κ2) is 10.5. The zero-order valence-corrected chi connectivity index (χ0v) is 18.9. The Bertz CT molecular complexity index is 972. The second-order valence-electron chi connectivity index (χ2n) is 8.89. The van der Waals surface area contributed by atoms with Crippen LogP contribution in [0.5, 0.6) is 0 Å². The lowest BCUT2D eigenvalue weighted by Crippen LogP contribution is -2.39. The normalized spacial score (nSPS) is 18.9. The Labute approximate surface area is 188 Å². The van der Waals surface area contributed by atoms with Crippen molar-refractivity contribution in [2.45, 2.75) is 33.6 Å². The van der Waals surface area contributed by atoms with Gasteiger partial charge in [0.2, 0.25) is 0 Å². The lowest BCUT2D eigenvalue weighted by molar-refractivity contribution is -0.384. The number of halogens is 1. The number of nitrogens with zero attached hydrogens (tertiary/aromatic N) is 2.